The lowest BCUT2D eigenvalue weighted by Crippen LogP contribution is -2.29. The van der Waals surface area contributed by atoms with Gasteiger partial charge in [-0.25, -0.2) is 13.2 Å². The number of anilines is 1. The predicted molar refractivity (Wildman–Crippen MR) is 73.1 cm³/mol. The lowest BCUT2D eigenvalue weighted by atomic mass is 9.97. The van der Waals surface area contributed by atoms with Crippen molar-refractivity contribution < 1.29 is 13.2 Å². The third-order valence-electron chi connectivity index (χ3n) is 3.29. The van der Waals surface area contributed by atoms with E-state index in [9.17, 15) is 13.2 Å². The van der Waals surface area contributed by atoms with Crippen LogP contribution in [0, 0.1) is 17.5 Å². The van der Waals surface area contributed by atoms with Gasteiger partial charge in [-0.15, -0.1) is 0 Å². The number of nitrogens with zero attached hydrogens (tertiary/aromatic N) is 1. The molecule has 1 aromatic rings. The van der Waals surface area contributed by atoms with Gasteiger partial charge in [0.25, 0.3) is 0 Å². The lowest BCUT2D eigenvalue weighted by Gasteiger charge is -2.29. The number of benzene rings is 1. The van der Waals surface area contributed by atoms with Gasteiger partial charge in [-0.05, 0) is 31.9 Å². The van der Waals surface area contributed by atoms with Crippen LogP contribution in [0.3, 0.4) is 0 Å². The Kier molecular flexibility index (Phi) is 4.08. The average molecular weight is 288 g/mol. The minimum atomic E-state index is -1.47. The lowest BCUT2D eigenvalue weighted by molar-refractivity contribution is 0.442. The third-order valence-corrected chi connectivity index (χ3v) is 4.16. The molecule has 0 aromatic heterocycles. The van der Waals surface area contributed by atoms with Gasteiger partial charge < -0.3 is 5.32 Å². The van der Waals surface area contributed by atoms with Crippen molar-refractivity contribution in [2.24, 2.45) is 4.99 Å². The summed E-state index contributed by atoms with van der Waals surface area (Å²) in [5.74, 6) is -3.02. The van der Waals surface area contributed by atoms with E-state index < -0.39 is 17.5 Å². The van der Waals surface area contributed by atoms with Crippen molar-refractivity contribution >= 4 is 22.6 Å². The van der Waals surface area contributed by atoms with E-state index in [1.54, 1.807) is 0 Å². The molecule has 0 amide bonds. The summed E-state index contributed by atoms with van der Waals surface area (Å²) in [6, 6.07) is 2.07. The van der Waals surface area contributed by atoms with Crippen molar-refractivity contribution in [2.75, 3.05) is 11.1 Å². The topological polar surface area (TPSA) is 24.4 Å². The highest BCUT2D eigenvalue weighted by Crippen LogP contribution is 2.30. The highest BCUT2D eigenvalue weighted by molar-refractivity contribution is 8.14. The minimum absolute atomic E-state index is 0.0921. The van der Waals surface area contributed by atoms with Crippen LogP contribution >= 0.6 is 11.8 Å². The van der Waals surface area contributed by atoms with Gasteiger partial charge in [0.1, 0.15) is 0 Å². The Bertz CT molecular complexity index is 519. The molecule has 1 aliphatic heterocycles. The first-order valence-corrected chi connectivity index (χ1v) is 7.07. The van der Waals surface area contributed by atoms with E-state index in [-0.39, 0.29) is 11.2 Å². The maximum Gasteiger partial charge on any atom is 0.196 e. The SMILES string of the molecule is CCC1(C)CCSC(Nc2ccc(F)c(F)c2F)=N1. The maximum atomic E-state index is 13.6. The second-order valence-electron chi connectivity index (χ2n) is 4.71. The number of aliphatic imine (C=N–C) groups is 1. The van der Waals surface area contributed by atoms with Crippen molar-refractivity contribution in [3.8, 4) is 0 Å². The monoisotopic (exact) mass is 288 g/mol. The fraction of sp³-hybridized carbons (Fsp3) is 0.462. The zero-order valence-corrected chi connectivity index (χ0v) is 11.6. The molecule has 0 aliphatic carbocycles. The number of hydrogen-bond donors (Lipinski definition) is 1. The molecule has 0 radical (unpaired) electrons. The number of halogens is 3. The molecule has 2 nitrogen and oxygen atoms in total. The van der Waals surface area contributed by atoms with Crippen LogP contribution in [-0.4, -0.2) is 16.5 Å². The van der Waals surface area contributed by atoms with Gasteiger partial charge in [-0.3, -0.25) is 4.99 Å². The van der Waals surface area contributed by atoms with Gasteiger partial charge in [0, 0.05) is 5.75 Å². The molecule has 0 saturated heterocycles. The number of thioether (sulfide) groups is 1. The Labute approximate surface area is 114 Å². The molecule has 0 spiro atoms. The molecule has 0 fully saturated rings. The molecular weight excluding hydrogens is 273 g/mol. The summed E-state index contributed by atoms with van der Waals surface area (Å²) in [4.78, 5) is 4.51. The van der Waals surface area contributed by atoms with Gasteiger partial charge in [0.05, 0.1) is 11.2 Å². The molecule has 6 heteroatoms. The molecular formula is C13H15F3N2S. The molecule has 1 aromatic carbocycles. The minimum Gasteiger partial charge on any atom is -0.332 e. The Balaban J connectivity index is 2.25. The van der Waals surface area contributed by atoms with Crippen LogP contribution in [0.15, 0.2) is 17.1 Å². The first-order chi connectivity index (χ1) is 8.95. The summed E-state index contributed by atoms with van der Waals surface area (Å²) >= 11 is 1.45. The third kappa shape index (κ3) is 3.05. The fourth-order valence-electron chi connectivity index (χ4n) is 1.76. The van der Waals surface area contributed by atoms with Crippen molar-refractivity contribution in [1.82, 2.24) is 0 Å². The molecule has 1 atom stereocenters. The Morgan fingerprint density at radius 2 is 2.05 bits per heavy atom. The zero-order valence-electron chi connectivity index (χ0n) is 10.8. The highest BCUT2D eigenvalue weighted by atomic mass is 32.2. The molecule has 0 saturated carbocycles. The van der Waals surface area contributed by atoms with E-state index in [1.165, 1.54) is 17.8 Å². The van der Waals surface area contributed by atoms with E-state index >= 15 is 0 Å². The van der Waals surface area contributed by atoms with Crippen LogP contribution in [0.4, 0.5) is 18.9 Å². The highest BCUT2D eigenvalue weighted by Gasteiger charge is 2.26. The van der Waals surface area contributed by atoms with E-state index in [2.05, 4.69) is 10.3 Å². The van der Waals surface area contributed by atoms with Gasteiger partial charge in [-0.2, -0.15) is 0 Å². The molecule has 2 rings (SSSR count). The number of nitrogens with one attached hydrogen (secondary N) is 1. The van der Waals surface area contributed by atoms with E-state index in [1.807, 2.05) is 13.8 Å². The van der Waals surface area contributed by atoms with Crippen LogP contribution in [0.5, 0.6) is 0 Å². The van der Waals surface area contributed by atoms with Gasteiger partial charge in [0.15, 0.2) is 22.6 Å². The Hall–Kier alpha value is -1.17. The van der Waals surface area contributed by atoms with Crippen molar-refractivity contribution in [2.45, 2.75) is 32.2 Å². The molecule has 1 aliphatic rings. The molecule has 1 unspecified atom stereocenters. The molecule has 0 bridgehead atoms. The number of rotatable bonds is 2. The summed E-state index contributed by atoms with van der Waals surface area (Å²) in [6.45, 7) is 4.06. The first kappa shape index (κ1) is 14.2. The van der Waals surface area contributed by atoms with Crippen LogP contribution in [-0.2, 0) is 0 Å². The zero-order chi connectivity index (χ0) is 14.0. The predicted octanol–water partition coefficient (Wildman–Crippen LogP) is 4.18. The summed E-state index contributed by atoms with van der Waals surface area (Å²) < 4.78 is 39.5. The summed E-state index contributed by atoms with van der Waals surface area (Å²) in [7, 11) is 0. The largest absolute Gasteiger partial charge is 0.332 e. The van der Waals surface area contributed by atoms with Crippen molar-refractivity contribution in [3.63, 3.8) is 0 Å². The van der Waals surface area contributed by atoms with Crippen LogP contribution in [0.1, 0.15) is 26.7 Å². The number of amidine groups is 1. The standard InChI is InChI=1S/C13H15F3N2S/c1-3-13(2)6-7-19-12(18-13)17-9-5-4-8(14)10(15)11(9)16/h4-5H,3,6-7H2,1-2H3,(H,17,18). The summed E-state index contributed by atoms with van der Waals surface area (Å²) in [5, 5.41) is 3.28. The smallest absolute Gasteiger partial charge is 0.196 e. The molecule has 19 heavy (non-hydrogen) atoms. The average Bonchev–Trinajstić information content (AvgIpc) is 2.40. The second-order valence-corrected chi connectivity index (χ2v) is 5.80. The van der Waals surface area contributed by atoms with Crippen LogP contribution in [0.2, 0.25) is 0 Å². The Morgan fingerprint density at radius 3 is 2.74 bits per heavy atom. The quantitative estimate of drug-likeness (QED) is 0.826. The van der Waals surface area contributed by atoms with Crippen molar-refractivity contribution in [1.29, 1.82) is 0 Å². The Morgan fingerprint density at radius 1 is 1.32 bits per heavy atom. The normalized spacial score (nSPS) is 23.1. The first-order valence-electron chi connectivity index (χ1n) is 6.08. The summed E-state index contributed by atoms with van der Waals surface area (Å²) in [5.41, 5.74) is -0.270. The van der Waals surface area contributed by atoms with E-state index in [4.69, 9.17) is 0 Å². The molecule has 1 heterocycles. The van der Waals surface area contributed by atoms with Crippen LogP contribution in [0.25, 0.3) is 0 Å². The second kappa shape index (κ2) is 5.45. The van der Waals surface area contributed by atoms with Gasteiger partial charge in [-0.1, -0.05) is 18.7 Å². The van der Waals surface area contributed by atoms with Gasteiger partial charge in [0.2, 0.25) is 0 Å². The maximum absolute atomic E-state index is 13.6. The summed E-state index contributed by atoms with van der Waals surface area (Å²) in [6.07, 6.45) is 1.82. The number of hydrogen-bond acceptors (Lipinski definition) is 3. The molecule has 1 N–H and O–H groups in total. The van der Waals surface area contributed by atoms with Crippen LogP contribution < -0.4 is 5.32 Å². The van der Waals surface area contributed by atoms with Gasteiger partial charge >= 0.3 is 0 Å². The van der Waals surface area contributed by atoms with E-state index in [0.717, 1.165) is 24.7 Å². The fourth-order valence-corrected chi connectivity index (χ4v) is 2.96. The van der Waals surface area contributed by atoms with E-state index in [0.29, 0.717) is 5.17 Å². The molecule has 104 valence electrons. The van der Waals surface area contributed by atoms with Crippen molar-refractivity contribution in [3.05, 3.63) is 29.6 Å².